The minimum absolute atomic E-state index is 0.110. The fourth-order valence-corrected chi connectivity index (χ4v) is 4.37. The van der Waals surface area contributed by atoms with Crippen molar-refractivity contribution in [2.75, 3.05) is 0 Å². The minimum atomic E-state index is 0.110. The molecule has 0 saturated heterocycles. The first-order valence-corrected chi connectivity index (χ1v) is 6.28. The maximum Gasteiger partial charge on any atom is 0.0971 e. The average molecular weight is 214 g/mol. The van der Waals surface area contributed by atoms with Crippen molar-refractivity contribution in [2.24, 2.45) is 16.6 Å². The van der Waals surface area contributed by atoms with E-state index in [4.69, 9.17) is 5.73 Å². The van der Waals surface area contributed by atoms with Crippen molar-refractivity contribution >= 4 is 0 Å². The van der Waals surface area contributed by atoms with Gasteiger partial charge in [0.15, 0.2) is 0 Å². The van der Waals surface area contributed by atoms with Crippen molar-refractivity contribution < 1.29 is 0 Å². The molecule has 0 unspecified atom stereocenters. The number of allylic oxidation sites excluding steroid dienone is 4. The van der Waals surface area contributed by atoms with Crippen LogP contribution >= 0.6 is 0 Å². The van der Waals surface area contributed by atoms with Crippen LogP contribution < -0.4 is 5.73 Å². The van der Waals surface area contributed by atoms with Crippen LogP contribution in [-0.4, -0.2) is 0 Å². The van der Waals surface area contributed by atoms with Crippen LogP contribution in [0.3, 0.4) is 0 Å². The SMILES string of the molecule is N#CC1=C(N)C[C@@]23CC=CC[C@@]12CCCC3. The maximum atomic E-state index is 9.39. The van der Waals surface area contributed by atoms with Gasteiger partial charge in [-0.15, -0.1) is 0 Å². The molecular formula is C14H18N2. The fraction of sp³-hybridized carbons (Fsp3) is 0.643. The van der Waals surface area contributed by atoms with Gasteiger partial charge in [-0.1, -0.05) is 25.0 Å². The largest absolute Gasteiger partial charge is 0.401 e. The Morgan fingerprint density at radius 3 is 2.75 bits per heavy atom. The molecule has 0 bridgehead atoms. The maximum absolute atomic E-state index is 9.39. The smallest absolute Gasteiger partial charge is 0.0971 e. The molecule has 0 spiro atoms. The van der Waals surface area contributed by atoms with Crippen molar-refractivity contribution in [3.05, 3.63) is 23.4 Å². The molecule has 0 aromatic heterocycles. The lowest BCUT2D eigenvalue weighted by Crippen LogP contribution is -2.43. The second-order valence-corrected chi connectivity index (χ2v) is 5.64. The summed E-state index contributed by atoms with van der Waals surface area (Å²) in [4.78, 5) is 0. The zero-order valence-electron chi connectivity index (χ0n) is 9.63. The highest BCUT2D eigenvalue weighted by Gasteiger charge is 2.59. The quantitative estimate of drug-likeness (QED) is 0.630. The summed E-state index contributed by atoms with van der Waals surface area (Å²) in [6.07, 6.45) is 12.7. The summed E-state index contributed by atoms with van der Waals surface area (Å²) in [6, 6.07) is 2.42. The predicted molar refractivity (Wildman–Crippen MR) is 63.2 cm³/mol. The predicted octanol–water partition coefficient (Wildman–Crippen LogP) is 3.02. The van der Waals surface area contributed by atoms with E-state index >= 15 is 0 Å². The fourth-order valence-electron chi connectivity index (χ4n) is 4.37. The molecule has 16 heavy (non-hydrogen) atoms. The normalized spacial score (nSPS) is 41.4. The van der Waals surface area contributed by atoms with Gasteiger partial charge >= 0.3 is 0 Å². The van der Waals surface area contributed by atoms with E-state index in [-0.39, 0.29) is 5.41 Å². The Labute approximate surface area is 96.8 Å². The van der Waals surface area contributed by atoms with Crippen LogP contribution in [0, 0.1) is 22.2 Å². The van der Waals surface area contributed by atoms with Crippen molar-refractivity contribution in [1.29, 1.82) is 5.26 Å². The van der Waals surface area contributed by atoms with Gasteiger partial charge in [0, 0.05) is 11.1 Å². The Balaban J connectivity index is 2.16. The molecular weight excluding hydrogens is 196 g/mol. The van der Waals surface area contributed by atoms with E-state index in [1.165, 1.54) is 25.7 Å². The van der Waals surface area contributed by atoms with Crippen LogP contribution in [0.25, 0.3) is 0 Å². The van der Waals surface area contributed by atoms with Crippen molar-refractivity contribution in [3.8, 4) is 6.07 Å². The van der Waals surface area contributed by atoms with E-state index in [2.05, 4.69) is 18.2 Å². The van der Waals surface area contributed by atoms with Gasteiger partial charge in [-0.25, -0.2) is 0 Å². The zero-order valence-corrected chi connectivity index (χ0v) is 9.63. The number of rotatable bonds is 0. The van der Waals surface area contributed by atoms with Gasteiger partial charge in [0.05, 0.1) is 11.6 Å². The van der Waals surface area contributed by atoms with Crippen LogP contribution in [0.4, 0.5) is 0 Å². The summed E-state index contributed by atoms with van der Waals surface area (Å²) >= 11 is 0. The molecule has 0 aliphatic heterocycles. The molecule has 0 radical (unpaired) electrons. The lowest BCUT2D eigenvalue weighted by molar-refractivity contribution is 0.0343. The van der Waals surface area contributed by atoms with Gasteiger partial charge in [-0.3, -0.25) is 0 Å². The van der Waals surface area contributed by atoms with Gasteiger partial charge in [0.1, 0.15) is 0 Å². The van der Waals surface area contributed by atoms with Crippen LogP contribution in [-0.2, 0) is 0 Å². The zero-order chi connectivity index (χ0) is 11.2. The Morgan fingerprint density at radius 1 is 1.19 bits per heavy atom. The summed E-state index contributed by atoms with van der Waals surface area (Å²) in [5.74, 6) is 0. The Morgan fingerprint density at radius 2 is 1.94 bits per heavy atom. The van der Waals surface area contributed by atoms with Crippen molar-refractivity contribution in [1.82, 2.24) is 0 Å². The highest BCUT2D eigenvalue weighted by atomic mass is 14.7. The first kappa shape index (κ1) is 9.96. The molecule has 2 nitrogen and oxygen atoms in total. The monoisotopic (exact) mass is 214 g/mol. The van der Waals surface area contributed by atoms with Gasteiger partial charge in [0.2, 0.25) is 0 Å². The second-order valence-electron chi connectivity index (χ2n) is 5.64. The lowest BCUT2D eigenvalue weighted by atomic mass is 9.51. The molecule has 2 heteroatoms. The minimum Gasteiger partial charge on any atom is -0.401 e. The standard InChI is InChI=1S/C14H18N2/c15-10-11-12(16)9-13-5-1-3-7-14(11,13)8-4-2-6-13/h1,3H,2,4-9,16H2/t13-,14+/m0/s1. The molecule has 0 heterocycles. The van der Waals surface area contributed by atoms with Gasteiger partial charge in [0.25, 0.3) is 0 Å². The van der Waals surface area contributed by atoms with E-state index < -0.39 is 0 Å². The lowest BCUT2D eigenvalue weighted by Gasteiger charge is -2.51. The van der Waals surface area contributed by atoms with E-state index in [1.54, 1.807) is 0 Å². The van der Waals surface area contributed by atoms with Crippen LogP contribution in [0.2, 0.25) is 0 Å². The Bertz CT molecular complexity index is 427. The Kier molecular flexibility index (Phi) is 1.95. The third kappa shape index (κ3) is 0.967. The number of hydrogen-bond acceptors (Lipinski definition) is 2. The van der Waals surface area contributed by atoms with E-state index in [0.29, 0.717) is 5.41 Å². The molecule has 0 amide bonds. The molecule has 1 saturated carbocycles. The van der Waals surface area contributed by atoms with Crippen molar-refractivity contribution in [2.45, 2.75) is 44.9 Å². The number of nitrogens with two attached hydrogens (primary N) is 1. The summed E-state index contributed by atoms with van der Waals surface area (Å²) in [5, 5.41) is 9.39. The van der Waals surface area contributed by atoms with Crippen LogP contribution in [0.1, 0.15) is 44.9 Å². The van der Waals surface area contributed by atoms with Gasteiger partial charge < -0.3 is 5.73 Å². The molecule has 0 aromatic rings. The first-order chi connectivity index (χ1) is 7.74. The molecule has 84 valence electrons. The summed E-state index contributed by atoms with van der Waals surface area (Å²) in [6.45, 7) is 0. The molecule has 0 aromatic carbocycles. The third-order valence-corrected chi connectivity index (χ3v) is 5.11. The number of nitriles is 1. The number of nitrogens with zero attached hydrogens (tertiary/aromatic N) is 1. The first-order valence-electron chi connectivity index (χ1n) is 6.28. The van der Waals surface area contributed by atoms with Crippen LogP contribution in [0.5, 0.6) is 0 Å². The molecule has 2 N–H and O–H groups in total. The Hall–Kier alpha value is -1.23. The highest BCUT2D eigenvalue weighted by Crippen LogP contribution is 2.67. The van der Waals surface area contributed by atoms with Crippen molar-refractivity contribution in [3.63, 3.8) is 0 Å². The summed E-state index contributed by atoms with van der Waals surface area (Å²) < 4.78 is 0. The van der Waals surface area contributed by atoms with E-state index in [0.717, 1.165) is 30.5 Å². The summed E-state index contributed by atoms with van der Waals surface area (Å²) in [7, 11) is 0. The molecule has 3 aliphatic carbocycles. The topological polar surface area (TPSA) is 49.8 Å². The molecule has 3 aliphatic rings. The second kappa shape index (κ2) is 3.13. The van der Waals surface area contributed by atoms with Crippen LogP contribution in [0.15, 0.2) is 23.4 Å². The van der Waals surface area contributed by atoms with Gasteiger partial charge in [-0.2, -0.15) is 5.26 Å². The van der Waals surface area contributed by atoms with E-state index in [9.17, 15) is 5.26 Å². The molecule has 3 rings (SSSR count). The highest BCUT2D eigenvalue weighted by molar-refractivity contribution is 5.44. The molecule has 1 fully saturated rings. The molecule has 2 atom stereocenters. The van der Waals surface area contributed by atoms with E-state index in [1.807, 2.05) is 0 Å². The average Bonchev–Trinajstić information content (AvgIpc) is 2.56. The summed E-state index contributed by atoms with van der Waals surface area (Å²) in [5.41, 5.74) is 8.35. The third-order valence-electron chi connectivity index (χ3n) is 5.11. The number of hydrogen-bond donors (Lipinski definition) is 1. The van der Waals surface area contributed by atoms with Gasteiger partial charge in [-0.05, 0) is 37.5 Å².